The standard InChI is InChI=1S/C13H12FNO2P2/c1-10-2-6-12(7-3-10)16-18-15-19-17-13-8-4-11(14)5-9-13/h2-9,18H,1H3. The Morgan fingerprint density at radius 3 is 2.32 bits per heavy atom. The third-order valence-electron chi connectivity index (χ3n) is 2.23. The normalized spacial score (nSPS) is 11.3. The van der Waals surface area contributed by atoms with Gasteiger partial charge in [-0.1, -0.05) is 17.7 Å². The summed E-state index contributed by atoms with van der Waals surface area (Å²) in [5.41, 5.74) is 1.19. The summed E-state index contributed by atoms with van der Waals surface area (Å²) in [6.07, 6.45) is 0. The molecule has 0 aliphatic rings. The maximum atomic E-state index is 12.6. The lowest BCUT2D eigenvalue weighted by Crippen LogP contribution is -1.77. The molecule has 6 heteroatoms. The van der Waals surface area contributed by atoms with E-state index in [2.05, 4.69) is 4.52 Å². The summed E-state index contributed by atoms with van der Waals surface area (Å²) in [4.78, 5) is 0. The molecule has 1 atom stereocenters. The molecule has 0 bridgehead atoms. The minimum Gasteiger partial charge on any atom is -0.454 e. The molecule has 0 heterocycles. The van der Waals surface area contributed by atoms with Gasteiger partial charge in [0, 0.05) is 0 Å². The molecule has 2 aromatic rings. The summed E-state index contributed by atoms with van der Waals surface area (Å²) in [5.74, 6) is 1.07. The van der Waals surface area contributed by atoms with Crippen molar-refractivity contribution in [3.05, 3.63) is 59.9 Å². The van der Waals surface area contributed by atoms with Gasteiger partial charge in [0.2, 0.25) is 17.6 Å². The van der Waals surface area contributed by atoms with Crippen molar-refractivity contribution >= 4 is 17.6 Å². The average Bonchev–Trinajstić information content (AvgIpc) is 2.43. The van der Waals surface area contributed by atoms with Gasteiger partial charge in [-0.15, -0.1) is 0 Å². The largest absolute Gasteiger partial charge is 0.454 e. The molecule has 98 valence electrons. The van der Waals surface area contributed by atoms with Crippen molar-refractivity contribution in [1.82, 2.24) is 0 Å². The van der Waals surface area contributed by atoms with Gasteiger partial charge in [-0.05, 0) is 43.3 Å². The third-order valence-corrected chi connectivity index (χ3v) is 3.50. The van der Waals surface area contributed by atoms with Gasteiger partial charge in [-0.2, -0.15) is 4.52 Å². The van der Waals surface area contributed by atoms with Crippen molar-refractivity contribution in [1.29, 1.82) is 0 Å². The molecule has 2 aromatic carbocycles. The first-order valence-electron chi connectivity index (χ1n) is 5.55. The van der Waals surface area contributed by atoms with Crippen LogP contribution in [0.15, 0.2) is 53.0 Å². The Kier molecular flexibility index (Phi) is 5.26. The second-order valence-electron chi connectivity index (χ2n) is 3.73. The van der Waals surface area contributed by atoms with Crippen LogP contribution in [0.25, 0.3) is 0 Å². The summed E-state index contributed by atoms with van der Waals surface area (Å²) in [6.45, 7) is 2.02. The van der Waals surface area contributed by atoms with Crippen molar-refractivity contribution in [2.75, 3.05) is 0 Å². The molecule has 0 aliphatic carbocycles. The van der Waals surface area contributed by atoms with E-state index in [0.717, 1.165) is 5.75 Å². The number of nitrogens with zero attached hydrogens (tertiary/aromatic N) is 1. The summed E-state index contributed by atoms with van der Waals surface area (Å²) in [7, 11) is 0.405. The molecule has 0 aliphatic heterocycles. The van der Waals surface area contributed by atoms with Crippen molar-refractivity contribution in [3.8, 4) is 11.5 Å². The first-order valence-corrected chi connectivity index (χ1v) is 7.17. The van der Waals surface area contributed by atoms with Crippen LogP contribution >= 0.6 is 17.6 Å². The number of aryl methyl sites for hydroxylation is 1. The number of rotatable bonds is 5. The molecule has 0 saturated carbocycles. The van der Waals surface area contributed by atoms with Gasteiger partial charge < -0.3 is 9.05 Å². The van der Waals surface area contributed by atoms with Crippen LogP contribution < -0.4 is 9.05 Å². The fourth-order valence-electron chi connectivity index (χ4n) is 1.26. The lowest BCUT2D eigenvalue weighted by atomic mass is 10.2. The van der Waals surface area contributed by atoms with Gasteiger partial charge in [0.25, 0.3) is 0 Å². The van der Waals surface area contributed by atoms with Gasteiger partial charge in [0.05, 0.1) is 0 Å². The Morgan fingerprint density at radius 1 is 1.00 bits per heavy atom. The first kappa shape index (κ1) is 13.9. The summed E-state index contributed by atoms with van der Waals surface area (Å²) in [6, 6.07) is 13.6. The van der Waals surface area contributed by atoms with Gasteiger partial charge in [-0.3, -0.25) is 0 Å². The lowest BCUT2D eigenvalue weighted by Gasteiger charge is -2.01. The van der Waals surface area contributed by atoms with Crippen LogP contribution in [0.2, 0.25) is 0 Å². The summed E-state index contributed by atoms with van der Waals surface area (Å²) < 4.78 is 27.4. The number of benzene rings is 2. The molecule has 0 fully saturated rings. The molecular weight excluding hydrogens is 283 g/mol. The Balaban J connectivity index is 1.75. The van der Waals surface area contributed by atoms with Crippen LogP contribution in [0.4, 0.5) is 4.39 Å². The Bertz CT molecular complexity index is 544. The minimum atomic E-state index is -0.287. The monoisotopic (exact) mass is 295 g/mol. The van der Waals surface area contributed by atoms with E-state index in [4.69, 9.17) is 9.05 Å². The highest BCUT2D eigenvalue weighted by Crippen LogP contribution is 2.26. The average molecular weight is 295 g/mol. The van der Waals surface area contributed by atoms with E-state index < -0.39 is 0 Å². The Hall–Kier alpha value is -1.50. The molecule has 0 aromatic heterocycles. The smallest absolute Gasteiger partial charge is 0.249 e. The number of hydrogen-bond acceptors (Lipinski definition) is 3. The van der Waals surface area contributed by atoms with Gasteiger partial charge >= 0.3 is 0 Å². The summed E-state index contributed by atoms with van der Waals surface area (Å²) >= 11 is 0. The predicted molar refractivity (Wildman–Crippen MR) is 76.5 cm³/mol. The van der Waals surface area contributed by atoms with Crippen LogP contribution in [0, 0.1) is 12.7 Å². The second kappa shape index (κ2) is 7.18. The summed E-state index contributed by atoms with van der Waals surface area (Å²) in [5, 5.41) is 0. The fraction of sp³-hybridized carbons (Fsp3) is 0.0769. The number of halogens is 1. The lowest BCUT2D eigenvalue weighted by molar-refractivity contribution is 0.609. The zero-order chi connectivity index (χ0) is 13.5. The van der Waals surface area contributed by atoms with Crippen LogP contribution in [0.5, 0.6) is 11.5 Å². The van der Waals surface area contributed by atoms with E-state index in [-0.39, 0.29) is 14.8 Å². The second-order valence-corrected chi connectivity index (χ2v) is 5.27. The van der Waals surface area contributed by atoms with Gasteiger partial charge in [0.1, 0.15) is 17.3 Å². The minimum absolute atomic E-state index is 0.0306. The zero-order valence-corrected chi connectivity index (χ0v) is 12.1. The highest BCUT2D eigenvalue weighted by molar-refractivity contribution is 7.39. The van der Waals surface area contributed by atoms with Crippen LogP contribution in [0.3, 0.4) is 0 Å². The molecular formula is C13H12FNO2P2. The zero-order valence-electron chi connectivity index (χ0n) is 10.2. The molecule has 0 spiro atoms. The molecule has 0 radical (unpaired) electrons. The van der Waals surface area contributed by atoms with E-state index in [0.29, 0.717) is 14.3 Å². The highest BCUT2D eigenvalue weighted by Gasteiger charge is 1.94. The van der Waals surface area contributed by atoms with Crippen molar-refractivity contribution in [2.24, 2.45) is 4.52 Å². The van der Waals surface area contributed by atoms with Gasteiger partial charge in [0.15, 0.2) is 0 Å². The van der Waals surface area contributed by atoms with E-state index in [9.17, 15) is 4.39 Å². The molecule has 0 N–H and O–H groups in total. The topological polar surface area (TPSA) is 30.8 Å². The van der Waals surface area contributed by atoms with E-state index in [1.807, 2.05) is 31.2 Å². The quantitative estimate of drug-likeness (QED) is 0.715. The maximum absolute atomic E-state index is 12.6. The first-order chi connectivity index (χ1) is 9.24. The molecule has 0 saturated heterocycles. The van der Waals surface area contributed by atoms with Crippen molar-refractivity contribution in [2.45, 2.75) is 6.92 Å². The van der Waals surface area contributed by atoms with Gasteiger partial charge in [-0.25, -0.2) is 4.39 Å². The van der Waals surface area contributed by atoms with Crippen molar-refractivity contribution in [3.63, 3.8) is 0 Å². The molecule has 2 rings (SSSR count). The van der Waals surface area contributed by atoms with E-state index >= 15 is 0 Å². The third kappa shape index (κ3) is 4.94. The van der Waals surface area contributed by atoms with Crippen LogP contribution in [-0.4, -0.2) is 0 Å². The Morgan fingerprint density at radius 2 is 1.63 bits per heavy atom. The van der Waals surface area contributed by atoms with E-state index in [1.165, 1.54) is 17.7 Å². The number of hydrogen-bond donors (Lipinski definition) is 0. The molecule has 0 amide bonds. The predicted octanol–water partition coefficient (Wildman–Crippen LogP) is 5.15. The SMILES string of the molecule is Cc1ccc(OPN=POc2ccc(F)cc2)cc1. The van der Waals surface area contributed by atoms with Crippen molar-refractivity contribution < 1.29 is 13.4 Å². The molecule has 19 heavy (non-hydrogen) atoms. The fourth-order valence-corrected chi connectivity index (χ4v) is 2.18. The molecule has 1 unspecified atom stereocenters. The molecule has 3 nitrogen and oxygen atoms in total. The highest BCUT2D eigenvalue weighted by atomic mass is 31.1. The Labute approximate surface area is 114 Å². The van der Waals surface area contributed by atoms with E-state index in [1.54, 1.807) is 12.1 Å². The maximum Gasteiger partial charge on any atom is 0.249 e. The van der Waals surface area contributed by atoms with Crippen LogP contribution in [0.1, 0.15) is 5.56 Å². The van der Waals surface area contributed by atoms with Crippen LogP contribution in [-0.2, 0) is 0 Å².